The highest BCUT2D eigenvalue weighted by Gasteiger charge is 2.34. The first-order valence-electron chi connectivity index (χ1n) is 5.39. The fourth-order valence-corrected chi connectivity index (χ4v) is 2.07. The molecule has 0 amide bonds. The SMILES string of the molecule is O=C(O)C1CCCOC1c1cc(F)ccc1F. The van der Waals surface area contributed by atoms with Crippen molar-refractivity contribution >= 4 is 5.97 Å². The van der Waals surface area contributed by atoms with E-state index in [1.165, 1.54) is 0 Å². The normalized spacial score (nSPS) is 24.6. The fourth-order valence-electron chi connectivity index (χ4n) is 2.07. The average Bonchev–Trinajstić information content (AvgIpc) is 2.32. The van der Waals surface area contributed by atoms with Gasteiger partial charge >= 0.3 is 5.97 Å². The zero-order chi connectivity index (χ0) is 12.4. The molecule has 1 aliphatic rings. The van der Waals surface area contributed by atoms with Gasteiger partial charge in [-0.2, -0.15) is 0 Å². The molecule has 1 aromatic carbocycles. The van der Waals surface area contributed by atoms with Gasteiger partial charge in [0.15, 0.2) is 0 Å². The Morgan fingerprint density at radius 1 is 1.41 bits per heavy atom. The lowest BCUT2D eigenvalue weighted by molar-refractivity contribution is -0.152. The van der Waals surface area contributed by atoms with Gasteiger partial charge in [0, 0.05) is 12.2 Å². The number of halogens is 2. The van der Waals surface area contributed by atoms with E-state index in [2.05, 4.69) is 0 Å². The smallest absolute Gasteiger partial charge is 0.309 e. The Balaban J connectivity index is 2.35. The average molecular weight is 242 g/mol. The van der Waals surface area contributed by atoms with E-state index in [-0.39, 0.29) is 5.56 Å². The van der Waals surface area contributed by atoms with Crippen LogP contribution in [0.2, 0.25) is 0 Å². The molecule has 2 atom stereocenters. The number of carboxylic acids is 1. The number of hydrogen-bond acceptors (Lipinski definition) is 2. The van der Waals surface area contributed by atoms with Gasteiger partial charge in [-0.15, -0.1) is 0 Å². The number of rotatable bonds is 2. The summed E-state index contributed by atoms with van der Waals surface area (Å²) in [6, 6.07) is 2.99. The van der Waals surface area contributed by atoms with Gasteiger partial charge in [0.1, 0.15) is 11.6 Å². The van der Waals surface area contributed by atoms with Gasteiger partial charge < -0.3 is 9.84 Å². The lowest BCUT2D eigenvalue weighted by Crippen LogP contribution is -2.29. The van der Waals surface area contributed by atoms with Gasteiger partial charge in [0.2, 0.25) is 0 Å². The number of aliphatic carboxylic acids is 1. The summed E-state index contributed by atoms with van der Waals surface area (Å²) in [5.74, 6) is -3.09. The van der Waals surface area contributed by atoms with Crippen LogP contribution in [0.1, 0.15) is 24.5 Å². The summed E-state index contributed by atoms with van der Waals surface area (Å²) >= 11 is 0. The molecule has 1 aliphatic heterocycles. The molecule has 1 aromatic rings. The molecule has 0 aromatic heterocycles. The molecule has 5 heteroatoms. The number of hydrogen-bond donors (Lipinski definition) is 1. The summed E-state index contributed by atoms with van der Waals surface area (Å²) < 4.78 is 31.9. The molecule has 0 spiro atoms. The quantitative estimate of drug-likeness (QED) is 0.866. The molecule has 0 aliphatic carbocycles. The first-order valence-corrected chi connectivity index (χ1v) is 5.39. The van der Waals surface area contributed by atoms with Crippen LogP contribution in [-0.2, 0) is 9.53 Å². The lowest BCUT2D eigenvalue weighted by Gasteiger charge is -2.29. The third kappa shape index (κ3) is 2.44. The highest BCUT2D eigenvalue weighted by molar-refractivity contribution is 5.71. The van der Waals surface area contributed by atoms with Crippen LogP contribution in [0, 0.1) is 17.6 Å². The third-order valence-corrected chi connectivity index (χ3v) is 2.90. The van der Waals surface area contributed by atoms with Gasteiger partial charge in [-0.3, -0.25) is 4.79 Å². The molecule has 2 unspecified atom stereocenters. The van der Waals surface area contributed by atoms with Crippen molar-refractivity contribution < 1.29 is 23.4 Å². The molecule has 0 saturated carbocycles. The van der Waals surface area contributed by atoms with E-state index in [0.717, 1.165) is 18.2 Å². The van der Waals surface area contributed by atoms with Crippen molar-refractivity contribution in [3.8, 4) is 0 Å². The van der Waals surface area contributed by atoms with Crippen LogP contribution in [0.4, 0.5) is 8.78 Å². The molecule has 1 saturated heterocycles. The van der Waals surface area contributed by atoms with E-state index in [1.807, 2.05) is 0 Å². The second kappa shape index (κ2) is 4.79. The Labute approximate surface area is 97.0 Å². The standard InChI is InChI=1S/C12H12F2O3/c13-7-3-4-10(14)9(6-7)11-8(12(15)16)2-1-5-17-11/h3-4,6,8,11H,1-2,5H2,(H,15,16). The van der Waals surface area contributed by atoms with Gasteiger partial charge in [0.05, 0.1) is 12.0 Å². The summed E-state index contributed by atoms with van der Waals surface area (Å²) in [6.45, 7) is 0.365. The molecule has 1 heterocycles. The van der Waals surface area contributed by atoms with Gasteiger partial charge in [-0.1, -0.05) is 0 Å². The predicted molar refractivity (Wildman–Crippen MR) is 55.4 cm³/mol. The molecule has 2 rings (SSSR count). The summed E-state index contributed by atoms with van der Waals surface area (Å²) in [4.78, 5) is 11.0. The summed E-state index contributed by atoms with van der Waals surface area (Å²) in [5.41, 5.74) is -0.0166. The van der Waals surface area contributed by atoms with E-state index in [4.69, 9.17) is 9.84 Å². The summed E-state index contributed by atoms with van der Waals surface area (Å²) in [6.07, 6.45) is 0.123. The highest BCUT2D eigenvalue weighted by atomic mass is 19.1. The predicted octanol–water partition coefficient (Wildman–Crippen LogP) is 2.52. The first-order chi connectivity index (χ1) is 8.09. The van der Waals surface area contributed by atoms with Crippen molar-refractivity contribution in [2.75, 3.05) is 6.61 Å². The molecule has 0 radical (unpaired) electrons. The van der Waals surface area contributed by atoms with E-state index in [9.17, 15) is 13.6 Å². The van der Waals surface area contributed by atoms with Gasteiger partial charge in [-0.05, 0) is 31.0 Å². The second-order valence-electron chi connectivity index (χ2n) is 4.04. The largest absolute Gasteiger partial charge is 0.481 e. The van der Waals surface area contributed by atoms with Crippen LogP contribution < -0.4 is 0 Å². The minimum atomic E-state index is -1.04. The maximum Gasteiger partial charge on any atom is 0.309 e. The van der Waals surface area contributed by atoms with Crippen molar-refractivity contribution in [1.29, 1.82) is 0 Å². The van der Waals surface area contributed by atoms with Crippen molar-refractivity contribution in [3.63, 3.8) is 0 Å². The van der Waals surface area contributed by atoms with Crippen LogP contribution in [-0.4, -0.2) is 17.7 Å². The van der Waals surface area contributed by atoms with E-state index >= 15 is 0 Å². The lowest BCUT2D eigenvalue weighted by atomic mass is 9.89. The number of benzene rings is 1. The monoisotopic (exact) mass is 242 g/mol. The van der Waals surface area contributed by atoms with Crippen LogP contribution >= 0.6 is 0 Å². The zero-order valence-corrected chi connectivity index (χ0v) is 9.03. The Kier molecular flexibility index (Phi) is 3.38. The zero-order valence-electron chi connectivity index (χ0n) is 9.03. The van der Waals surface area contributed by atoms with Crippen LogP contribution in [0.15, 0.2) is 18.2 Å². The minimum absolute atomic E-state index is 0.0166. The van der Waals surface area contributed by atoms with Crippen LogP contribution in [0.5, 0.6) is 0 Å². The molecular weight excluding hydrogens is 230 g/mol. The molecule has 1 fully saturated rings. The maximum absolute atomic E-state index is 13.6. The number of carbonyl (C=O) groups is 1. The van der Waals surface area contributed by atoms with Crippen molar-refractivity contribution in [1.82, 2.24) is 0 Å². The van der Waals surface area contributed by atoms with E-state index in [0.29, 0.717) is 19.4 Å². The maximum atomic E-state index is 13.6. The second-order valence-corrected chi connectivity index (χ2v) is 4.04. The number of ether oxygens (including phenoxy) is 1. The van der Waals surface area contributed by atoms with Gasteiger partial charge in [0.25, 0.3) is 0 Å². The van der Waals surface area contributed by atoms with Crippen molar-refractivity contribution in [2.45, 2.75) is 18.9 Å². The Morgan fingerprint density at radius 3 is 2.88 bits per heavy atom. The molecule has 92 valence electrons. The van der Waals surface area contributed by atoms with Crippen molar-refractivity contribution in [3.05, 3.63) is 35.4 Å². The van der Waals surface area contributed by atoms with Crippen molar-refractivity contribution in [2.24, 2.45) is 5.92 Å². The van der Waals surface area contributed by atoms with Crippen LogP contribution in [0.25, 0.3) is 0 Å². The molecule has 0 bridgehead atoms. The molecule has 3 nitrogen and oxygen atoms in total. The summed E-state index contributed by atoms with van der Waals surface area (Å²) in [7, 11) is 0. The molecule has 17 heavy (non-hydrogen) atoms. The number of carboxylic acid groups (broad SMARTS) is 1. The minimum Gasteiger partial charge on any atom is -0.481 e. The Bertz CT molecular complexity index is 434. The van der Waals surface area contributed by atoms with E-state index < -0.39 is 29.6 Å². The van der Waals surface area contributed by atoms with Gasteiger partial charge in [-0.25, -0.2) is 8.78 Å². The van der Waals surface area contributed by atoms with E-state index in [1.54, 1.807) is 0 Å². The first kappa shape index (κ1) is 12.0. The third-order valence-electron chi connectivity index (χ3n) is 2.90. The Morgan fingerprint density at radius 2 is 2.18 bits per heavy atom. The van der Waals surface area contributed by atoms with Crippen LogP contribution in [0.3, 0.4) is 0 Å². The topological polar surface area (TPSA) is 46.5 Å². The Hall–Kier alpha value is -1.49. The molecule has 1 N–H and O–H groups in total. The summed E-state index contributed by atoms with van der Waals surface area (Å²) in [5, 5.41) is 9.03. The highest BCUT2D eigenvalue weighted by Crippen LogP contribution is 2.35. The molecular formula is C12H12F2O3. The fraction of sp³-hybridized carbons (Fsp3) is 0.417.